The molecule has 0 radical (unpaired) electrons. The molecule has 0 saturated heterocycles. The Kier molecular flexibility index (Phi) is 1.87. The summed E-state index contributed by atoms with van der Waals surface area (Å²) < 4.78 is 0. The van der Waals surface area contributed by atoms with E-state index in [2.05, 4.69) is 9.97 Å². The van der Waals surface area contributed by atoms with Gasteiger partial charge in [0.15, 0.2) is 0 Å². The summed E-state index contributed by atoms with van der Waals surface area (Å²) in [6.07, 6.45) is 3.18. The van der Waals surface area contributed by atoms with Crippen LogP contribution in [0.5, 0.6) is 0 Å². The molecular formula is C8H4Cl2N2. The van der Waals surface area contributed by atoms with Crippen LogP contribution in [-0.4, -0.2) is 9.97 Å². The standard InChI is InChI=1S/C8H4Cl2N2/c9-5-1-2-6(10)8-7(5)11-3-4-12-8/h1-4H. The fourth-order valence-corrected chi connectivity index (χ4v) is 1.39. The maximum absolute atomic E-state index is 5.87. The number of hydrogen-bond donors (Lipinski definition) is 0. The largest absolute Gasteiger partial charge is 0.251 e. The van der Waals surface area contributed by atoms with Crippen molar-refractivity contribution in [2.24, 2.45) is 0 Å². The van der Waals surface area contributed by atoms with E-state index in [0.717, 1.165) is 0 Å². The second kappa shape index (κ2) is 2.88. The Balaban J connectivity index is 2.95. The Labute approximate surface area is 79.2 Å². The molecule has 60 valence electrons. The van der Waals surface area contributed by atoms with Crippen molar-refractivity contribution in [2.45, 2.75) is 0 Å². The molecule has 0 atom stereocenters. The summed E-state index contributed by atoms with van der Waals surface area (Å²) in [7, 11) is 0. The third-order valence-corrected chi connectivity index (χ3v) is 2.14. The van der Waals surface area contributed by atoms with Gasteiger partial charge >= 0.3 is 0 Å². The van der Waals surface area contributed by atoms with Crippen molar-refractivity contribution in [2.75, 3.05) is 0 Å². The summed E-state index contributed by atoms with van der Waals surface area (Å²) in [6, 6.07) is 3.42. The van der Waals surface area contributed by atoms with Gasteiger partial charge in [-0.25, -0.2) is 0 Å². The third-order valence-electron chi connectivity index (χ3n) is 1.53. The number of halogens is 2. The second-order valence-electron chi connectivity index (χ2n) is 2.28. The van der Waals surface area contributed by atoms with E-state index in [4.69, 9.17) is 23.2 Å². The first kappa shape index (κ1) is 7.77. The average Bonchev–Trinajstić information content (AvgIpc) is 2.12. The first-order chi connectivity index (χ1) is 5.79. The van der Waals surface area contributed by atoms with Crippen molar-refractivity contribution in [1.82, 2.24) is 9.97 Å². The minimum Gasteiger partial charge on any atom is -0.251 e. The van der Waals surface area contributed by atoms with E-state index in [1.807, 2.05) is 0 Å². The molecule has 0 amide bonds. The summed E-state index contributed by atoms with van der Waals surface area (Å²) in [4.78, 5) is 8.13. The molecule has 1 aromatic carbocycles. The summed E-state index contributed by atoms with van der Waals surface area (Å²) in [5.41, 5.74) is 1.29. The van der Waals surface area contributed by atoms with Crippen LogP contribution >= 0.6 is 23.2 Å². The minimum atomic E-state index is 0.572. The van der Waals surface area contributed by atoms with Crippen molar-refractivity contribution in [1.29, 1.82) is 0 Å². The van der Waals surface area contributed by atoms with E-state index in [1.54, 1.807) is 24.5 Å². The minimum absolute atomic E-state index is 0.572. The topological polar surface area (TPSA) is 25.8 Å². The molecule has 0 unspecified atom stereocenters. The average molecular weight is 199 g/mol. The zero-order valence-electron chi connectivity index (χ0n) is 5.96. The zero-order chi connectivity index (χ0) is 8.55. The SMILES string of the molecule is Clc1ccc(Cl)c2nccnc12. The molecule has 2 nitrogen and oxygen atoms in total. The quantitative estimate of drug-likeness (QED) is 0.651. The van der Waals surface area contributed by atoms with E-state index >= 15 is 0 Å². The number of aromatic nitrogens is 2. The molecule has 0 aliphatic carbocycles. The van der Waals surface area contributed by atoms with Gasteiger partial charge in [0.05, 0.1) is 10.0 Å². The lowest BCUT2D eigenvalue weighted by atomic mass is 10.3. The van der Waals surface area contributed by atoms with Gasteiger partial charge in [-0.1, -0.05) is 23.2 Å². The van der Waals surface area contributed by atoms with Crippen LogP contribution in [-0.2, 0) is 0 Å². The Bertz CT molecular complexity index is 388. The van der Waals surface area contributed by atoms with E-state index in [9.17, 15) is 0 Å². The highest BCUT2D eigenvalue weighted by Crippen LogP contribution is 2.25. The summed E-state index contributed by atoms with van der Waals surface area (Å²) in [5, 5.41) is 1.14. The molecule has 1 heterocycles. The Morgan fingerprint density at radius 2 is 1.25 bits per heavy atom. The Hall–Kier alpha value is -0.860. The van der Waals surface area contributed by atoms with Crippen LogP contribution in [0.3, 0.4) is 0 Å². The molecule has 4 heteroatoms. The predicted octanol–water partition coefficient (Wildman–Crippen LogP) is 2.94. The zero-order valence-corrected chi connectivity index (χ0v) is 7.47. The van der Waals surface area contributed by atoms with Gasteiger partial charge in [0.1, 0.15) is 11.0 Å². The monoisotopic (exact) mass is 198 g/mol. The van der Waals surface area contributed by atoms with Crippen LogP contribution in [0.25, 0.3) is 11.0 Å². The van der Waals surface area contributed by atoms with Gasteiger partial charge in [-0.3, -0.25) is 9.97 Å². The van der Waals surface area contributed by atoms with Crippen LogP contribution in [0.15, 0.2) is 24.5 Å². The van der Waals surface area contributed by atoms with Crippen LogP contribution in [0.4, 0.5) is 0 Å². The highest BCUT2D eigenvalue weighted by Gasteiger charge is 2.03. The maximum atomic E-state index is 5.87. The van der Waals surface area contributed by atoms with Crippen molar-refractivity contribution in [3.8, 4) is 0 Å². The fourth-order valence-electron chi connectivity index (χ4n) is 0.992. The van der Waals surface area contributed by atoms with E-state index in [1.165, 1.54) is 0 Å². The van der Waals surface area contributed by atoms with Crippen molar-refractivity contribution in [3.05, 3.63) is 34.6 Å². The Morgan fingerprint density at radius 1 is 0.833 bits per heavy atom. The molecule has 0 bridgehead atoms. The highest BCUT2D eigenvalue weighted by molar-refractivity contribution is 6.39. The van der Waals surface area contributed by atoms with Gasteiger partial charge < -0.3 is 0 Å². The van der Waals surface area contributed by atoms with Gasteiger partial charge in [0.2, 0.25) is 0 Å². The molecule has 12 heavy (non-hydrogen) atoms. The third kappa shape index (κ3) is 1.13. The van der Waals surface area contributed by atoms with E-state index in [-0.39, 0.29) is 0 Å². The lowest BCUT2D eigenvalue weighted by Crippen LogP contribution is -1.83. The van der Waals surface area contributed by atoms with Gasteiger partial charge in [-0.05, 0) is 12.1 Å². The van der Waals surface area contributed by atoms with Crippen LogP contribution in [0.1, 0.15) is 0 Å². The number of nitrogens with zero attached hydrogens (tertiary/aromatic N) is 2. The first-order valence-electron chi connectivity index (χ1n) is 3.34. The summed E-state index contributed by atoms with van der Waals surface area (Å²) in [6.45, 7) is 0. The maximum Gasteiger partial charge on any atom is 0.109 e. The van der Waals surface area contributed by atoms with Crippen molar-refractivity contribution < 1.29 is 0 Å². The Morgan fingerprint density at radius 3 is 1.67 bits per heavy atom. The highest BCUT2D eigenvalue weighted by atomic mass is 35.5. The normalized spacial score (nSPS) is 10.5. The molecule has 0 aliphatic heterocycles. The lowest BCUT2D eigenvalue weighted by Gasteiger charge is -1.98. The van der Waals surface area contributed by atoms with Crippen LogP contribution < -0.4 is 0 Å². The first-order valence-corrected chi connectivity index (χ1v) is 4.09. The van der Waals surface area contributed by atoms with Gasteiger partial charge in [0, 0.05) is 12.4 Å². The fraction of sp³-hybridized carbons (Fsp3) is 0. The van der Waals surface area contributed by atoms with Crippen molar-refractivity contribution in [3.63, 3.8) is 0 Å². The molecule has 0 aliphatic rings. The van der Waals surface area contributed by atoms with Crippen LogP contribution in [0, 0.1) is 0 Å². The lowest BCUT2D eigenvalue weighted by molar-refractivity contribution is 1.29. The smallest absolute Gasteiger partial charge is 0.109 e. The second-order valence-corrected chi connectivity index (χ2v) is 3.10. The molecule has 0 fully saturated rings. The number of benzene rings is 1. The number of fused-ring (bicyclic) bond motifs is 1. The molecule has 0 spiro atoms. The molecule has 0 N–H and O–H groups in total. The van der Waals surface area contributed by atoms with Gasteiger partial charge in [-0.2, -0.15) is 0 Å². The molecule has 1 aromatic heterocycles. The van der Waals surface area contributed by atoms with Gasteiger partial charge in [0.25, 0.3) is 0 Å². The molecule has 2 rings (SSSR count). The number of rotatable bonds is 0. The van der Waals surface area contributed by atoms with Crippen molar-refractivity contribution >= 4 is 34.2 Å². The molecule has 2 aromatic rings. The summed E-state index contributed by atoms with van der Waals surface area (Å²) in [5.74, 6) is 0. The summed E-state index contributed by atoms with van der Waals surface area (Å²) >= 11 is 11.7. The molecular weight excluding hydrogens is 195 g/mol. The van der Waals surface area contributed by atoms with Gasteiger partial charge in [-0.15, -0.1) is 0 Å². The molecule has 0 saturated carbocycles. The van der Waals surface area contributed by atoms with E-state index in [0.29, 0.717) is 21.1 Å². The predicted molar refractivity (Wildman–Crippen MR) is 49.6 cm³/mol. The van der Waals surface area contributed by atoms with E-state index < -0.39 is 0 Å². The van der Waals surface area contributed by atoms with Crippen LogP contribution in [0.2, 0.25) is 10.0 Å². The number of hydrogen-bond acceptors (Lipinski definition) is 2.